The van der Waals surface area contributed by atoms with Crippen molar-refractivity contribution in [3.8, 4) is 0 Å². The minimum absolute atomic E-state index is 0.0272. The van der Waals surface area contributed by atoms with Crippen molar-refractivity contribution in [1.29, 1.82) is 0 Å². The zero-order valence-corrected chi connectivity index (χ0v) is 15.8. The van der Waals surface area contributed by atoms with Gasteiger partial charge in [-0.2, -0.15) is 0 Å². The summed E-state index contributed by atoms with van der Waals surface area (Å²) in [5.74, 6) is 0.187. The molecule has 1 fully saturated rings. The maximum Gasteiger partial charge on any atom is 0.229 e. The molecule has 0 bridgehead atoms. The number of carbonyl (C=O) groups excluding carboxylic acids is 1. The Morgan fingerprint density at radius 3 is 2.71 bits per heavy atom. The highest BCUT2D eigenvalue weighted by Crippen LogP contribution is 2.32. The lowest BCUT2D eigenvalue weighted by atomic mass is 9.93. The maximum atomic E-state index is 12.8. The predicted octanol–water partition coefficient (Wildman–Crippen LogP) is 3.10. The van der Waals surface area contributed by atoms with Crippen molar-refractivity contribution in [3.05, 3.63) is 29.8 Å². The van der Waals surface area contributed by atoms with Crippen molar-refractivity contribution in [2.45, 2.75) is 64.6 Å². The van der Waals surface area contributed by atoms with E-state index in [-0.39, 0.29) is 17.5 Å². The second-order valence-corrected chi connectivity index (χ2v) is 8.14. The number of hydrogen-bond acceptors (Lipinski definition) is 2. The van der Waals surface area contributed by atoms with E-state index in [0.717, 1.165) is 23.6 Å². The van der Waals surface area contributed by atoms with Crippen LogP contribution in [-0.2, 0) is 11.2 Å². The highest BCUT2D eigenvalue weighted by molar-refractivity contribution is 7.80. The molecule has 4 nitrogen and oxygen atoms in total. The van der Waals surface area contributed by atoms with Gasteiger partial charge in [-0.1, -0.05) is 18.2 Å². The summed E-state index contributed by atoms with van der Waals surface area (Å²) in [5, 5.41) is 4.15. The van der Waals surface area contributed by atoms with Crippen LogP contribution >= 0.6 is 12.2 Å². The first-order valence-electron chi connectivity index (χ1n) is 8.77. The van der Waals surface area contributed by atoms with Gasteiger partial charge < -0.3 is 15.1 Å². The quantitative estimate of drug-likeness (QED) is 0.854. The molecule has 0 saturated carbocycles. The van der Waals surface area contributed by atoms with Crippen LogP contribution < -0.4 is 10.2 Å². The maximum absolute atomic E-state index is 12.8. The average Bonchev–Trinajstić information content (AvgIpc) is 2.80. The number of nitrogens with one attached hydrogen (secondary N) is 1. The summed E-state index contributed by atoms with van der Waals surface area (Å²) in [5.41, 5.74) is 2.37. The molecule has 0 unspecified atom stereocenters. The Kier molecular flexibility index (Phi) is 4.56. The van der Waals surface area contributed by atoms with Crippen LogP contribution in [0.4, 0.5) is 5.69 Å². The van der Waals surface area contributed by atoms with Crippen LogP contribution in [0.25, 0.3) is 0 Å². The van der Waals surface area contributed by atoms with Crippen molar-refractivity contribution in [1.82, 2.24) is 10.2 Å². The van der Waals surface area contributed by atoms with Crippen LogP contribution in [0.15, 0.2) is 24.3 Å². The molecule has 130 valence electrons. The van der Waals surface area contributed by atoms with Crippen LogP contribution in [0.2, 0.25) is 0 Å². The lowest BCUT2D eigenvalue weighted by Gasteiger charge is -2.44. The van der Waals surface area contributed by atoms with Gasteiger partial charge in [0, 0.05) is 36.3 Å². The summed E-state index contributed by atoms with van der Waals surface area (Å²) in [6.45, 7) is 9.32. The number of benzene rings is 1. The molecule has 2 aliphatic heterocycles. The average molecular weight is 346 g/mol. The molecule has 1 amide bonds. The van der Waals surface area contributed by atoms with Crippen molar-refractivity contribution in [2.75, 3.05) is 11.4 Å². The number of thiocarbonyl (C=S) groups is 1. The second-order valence-electron chi connectivity index (χ2n) is 7.76. The van der Waals surface area contributed by atoms with Gasteiger partial charge in [0.05, 0.1) is 0 Å². The highest BCUT2D eigenvalue weighted by atomic mass is 32.1. The van der Waals surface area contributed by atoms with Gasteiger partial charge in [-0.05, 0) is 64.4 Å². The minimum Gasteiger partial charge on any atom is -0.358 e. The first-order chi connectivity index (χ1) is 11.3. The smallest absolute Gasteiger partial charge is 0.229 e. The van der Waals surface area contributed by atoms with Crippen LogP contribution in [-0.4, -0.2) is 40.1 Å². The summed E-state index contributed by atoms with van der Waals surface area (Å²) >= 11 is 5.52. The molecule has 24 heavy (non-hydrogen) atoms. The molecule has 1 N–H and O–H groups in total. The van der Waals surface area contributed by atoms with E-state index in [0.29, 0.717) is 19.0 Å². The van der Waals surface area contributed by atoms with Crippen molar-refractivity contribution >= 4 is 28.9 Å². The molecule has 0 spiro atoms. The third-order valence-corrected chi connectivity index (χ3v) is 5.42. The number of fused-ring (bicyclic) bond motifs is 1. The van der Waals surface area contributed by atoms with Crippen LogP contribution in [0, 0.1) is 0 Å². The lowest BCUT2D eigenvalue weighted by Crippen LogP contribution is -2.60. The fraction of sp³-hybridized carbons (Fsp3) is 0.579. The van der Waals surface area contributed by atoms with Gasteiger partial charge in [0.25, 0.3) is 0 Å². The lowest BCUT2D eigenvalue weighted by molar-refractivity contribution is -0.119. The summed E-state index contributed by atoms with van der Waals surface area (Å²) in [4.78, 5) is 17.0. The zero-order chi connectivity index (χ0) is 17.5. The van der Waals surface area contributed by atoms with Crippen molar-refractivity contribution in [2.24, 2.45) is 0 Å². The monoisotopic (exact) mass is 345 g/mol. The molecule has 1 aromatic rings. The minimum atomic E-state index is 0.0272. The van der Waals surface area contributed by atoms with Gasteiger partial charge in [0.1, 0.15) is 0 Å². The van der Waals surface area contributed by atoms with Gasteiger partial charge in [-0.15, -0.1) is 0 Å². The standard InChI is InChI=1S/C19H27N3OS/c1-13-11-15-7-5-6-8-16(15)22(13)17(23)9-10-21-14(2)12-19(3,4)20-18(21)24/h5-8,13-14H,9-12H2,1-4H3,(H,20,24)/t13-,14+/m1/s1. The van der Waals surface area contributed by atoms with E-state index in [1.165, 1.54) is 5.56 Å². The Morgan fingerprint density at radius 2 is 2.00 bits per heavy atom. The van der Waals surface area contributed by atoms with Crippen LogP contribution in [0.5, 0.6) is 0 Å². The van der Waals surface area contributed by atoms with E-state index in [1.807, 2.05) is 17.0 Å². The van der Waals surface area contributed by atoms with Gasteiger partial charge in [0.2, 0.25) is 5.91 Å². The molecule has 0 aromatic heterocycles. The topological polar surface area (TPSA) is 35.6 Å². The number of anilines is 1. The third kappa shape index (κ3) is 3.27. The Bertz CT molecular complexity index is 658. The highest BCUT2D eigenvalue weighted by Gasteiger charge is 2.34. The molecule has 3 rings (SSSR count). The molecule has 1 saturated heterocycles. The predicted molar refractivity (Wildman–Crippen MR) is 102 cm³/mol. The fourth-order valence-corrected chi connectivity index (χ4v) is 4.61. The Morgan fingerprint density at radius 1 is 1.29 bits per heavy atom. The number of amides is 1. The SMILES string of the molecule is C[C@@H]1Cc2ccccc2N1C(=O)CCN1C(=S)NC(C)(C)C[C@@H]1C. The zero-order valence-electron chi connectivity index (χ0n) is 15.0. The van der Waals surface area contributed by atoms with Crippen LogP contribution in [0.1, 0.15) is 46.1 Å². The number of rotatable bonds is 3. The number of carbonyl (C=O) groups is 1. The molecule has 0 aliphatic carbocycles. The number of nitrogens with zero attached hydrogens (tertiary/aromatic N) is 2. The Balaban J connectivity index is 1.65. The van der Waals surface area contributed by atoms with E-state index < -0.39 is 0 Å². The van der Waals surface area contributed by atoms with E-state index in [9.17, 15) is 4.79 Å². The molecule has 2 aliphatic rings. The van der Waals surface area contributed by atoms with Crippen molar-refractivity contribution in [3.63, 3.8) is 0 Å². The first-order valence-corrected chi connectivity index (χ1v) is 9.18. The Labute approximate surface area is 150 Å². The van der Waals surface area contributed by atoms with E-state index in [4.69, 9.17) is 12.2 Å². The van der Waals surface area contributed by atoms with Gasteiger partial charge >= 0.3 is 0 Å². The summed E-state index contributed by atoms with van der Waals surface area (Å²) in [7, 11) is 0. The number of hydrogen-bond donors (Lipinski definition) is 1. The van der Waals surface area contributed by atoms with Gasteiger partial charge in [0.15, 0.2) is 5.11 Å². The van der Waals surface area contributed by atoms with E-state index in [1.54, 1.807) is 0 Å². The molecule has 0 radical (unpaired) electrons. The molecule has 1 aromatic carbocycles. The molecular weight excluding hydrogens is 318 g/mol. The third-order valence-electron chi connectivity index (χ3n) is 5.09. The van der Waals surface area contributed by atoms with Crippen LogP contribution in [0.3, 0.4) is 0 Å². The van der Waals surface area contributed by atoms with E-state index in [2.05, 4.69) is 50.0 Å². The Hall–Kier alpha value is -1.62. The fourth-order valence-electron chi connectivity index (χ4n) is 4.07. The largest absolute Gasteiger partial charge is 0.358 e. The summed E-state index contributed by atoms with van der Waals surface area (Å²) < 4.78 is 0. The second kappa shape index (κ2) is 6.36. The van der Waals surface area contributed by atoms with Crippen molar-refractivity contribution < 1.29 is 4.79 Å². The summed E-state index contributed by atoms with van der Waals surface area (Å²) in [6.07, 6.45) is 2.45. The molecular formula is C19H27N3OS. The van der Waals surface area contributed by atoms with E-state index >= 15 is 0 Å². The summed E-state index contributed by atoms with van der Waals surface area (Å²) in [6, 6.07) is 8.80. The molecule has 5 heteroatoms. The normalized spacial score (nSPS) is 25.4. The van der Waals surface area contributed by atoms with Gasteiger partial charge in [-0.25, -0.2) is 0 Å². The molecule has 2 heterocycles. The van der Waals surface area contributed by atoms with Gasteiger partial charge in [-0.3, -0.25) is 4.79 Å². The first kappa shape index (κ1) is 17.2. The number of para-hydroxylation sites is 1. The molecule has 2 atom stereocenters.